The normalized spacial score (nSPS) is 12.9. The van der Waals surface area contributed by atoms with Gasteiger partial charge in [0.1, 0.15) is 23.4 Å². The van der Waals surface area contributed by atoms with Crippen LogP contribution < -0.4 is 5.32 Å². The van der Waals surface area contributed by atoms with Crippen molar-refractivity contribution in [1.29, 1.82) is 0 Å². The summed E-state index contributed by atoms with van der Waals surface area (Å²) < 4.78 is 20.0. The van der Waals surface area contributed by atoms with Crippen LogP contribution >= 0.6 is 11.3 Å². The van der Waals surface area contributed by atoms with Gasteiger partial charge < -0.3 is 9.73 Å². The monoisotopic (exact) mass is 289 g/mol. The van der Waals surface area contributed by atoms with Gasteiger partial charge in [0.25, 0.3) is 0 Å². The van der Waals surface area contributed by atoms with E-state index in [0.29, 0.717) is 0 Å². The fourth-order valence-electron chi connectivity index (χ4n) is 2.32. The van der Waals surface area contributed by atoms with Crippen LogP contribution in [-0.4, -0.2) is 6.54 Å². The number of hydrogen-bond acceptors (Lipinski definition) is 3. The number of aryl methyl sites for hydroxylation is 1. The number of hydrogen-bond donors (Lipinski definition) is 1. The number of fused-ring (bicyclic) bond motifs is 1. The molecule has 0 aliphatic carbocycles. The van der Waals surface area contributed by atoms with Gasteiger partial charge >= 0.3 is 0 Å². The molecule has 0 spiro atoms. The predicted molar refractivity (Wildman–Crippen MR) is 80.7 cm³/mol. The first kappa shape index (κ1) is 13.3. The van der Waals surface area contributed by atoms with Crippen molar-refractivity contribution in [3.8, 4) is 0 Å². The Hall–Kier alpha value is -1.65. The minimum atomic E-state index is -0.195. The zero-order valence-electron chi connectivity index (χ0n) is 11.4. The summed E-state index contributed by atoms with van der Waals surface area (Å²) in [4.78, 5) is 1.14. The Labute approximate surface area is 121 Å². The fourth-order valence-corrected chi connectivity index (χ4v) is 3.50. The van der Waals surface area contributed by atoms with Crippen LogP contribution in [-0.2, 0) is 0 Å². The maximum Gasteiger partial charge on any atom is 0.126 e. The molecule has 1 atom stereocenters. The van der Waals surface area contributed by atoms with Crippen LogP contribution in [0.4, 0.5) is 4.39 Å². The summed E-state index contributed by atoms with van der Waals surface area (Å²) in [6.45, 7) is 4.84. The molecule has 0 saturated carbocycles. The molecule has 20 heavy (non-hydrogen) atoms. The molecule has 104 valence electrons. The second kappa shape index (κ2) is 5.38. The van der Waals surface area contributed by atoms with Crippen molar-refractivity contribution in [1.82, 2.24) is 5.32 Å². The van der Waals surface area contributed by atoms with E-state index in [0.717, 1.165) is 33.0 Å². The highest BCUT2D eigenvalue weighted by Crippen LogP contribution is 2.34. The third kappa shape index (κ3) is 2.49. The van der Waals surface area contributed by atoms with E-state index in [1.165, 1.54) is 6.07 Å². The Bertz CT molecular complexity index is 731. The summed E-state index contributed by atoms with van der Waals surface area (Å²) in [7, 11) is 0. The molecule has 0 bridgehead atoms. The molecular formula is C16H16FNOS. The SMILES string of the molecule is CCNC(c1ccc(C)o1)c1cc2ccc(F)cc2s1. The van der Waals surface area contributed by atoms with Gasteiger partial charge in [-0.1, -0.05) is 13.0 Å². The summed E-state index contributed by atoms with van der Waals surface area (Å²) >= 11 is 1.60. The van der Waals surface area contributed by atoms with Gasteiger partial charge in [0, 0.05) is 9.58 Å². The summed E-state index contributed by atoms with van der Waals surface area (Å²) in [5.74, 6) is 1.60. The lowest BCUT2D eigenvalue weighted by Crippen LogP contribution is -2.20. The molecule has 1 N–H and O–H groups in total. The maximum atomic E-state index is 13.3. The molecule has 0 aliphatic rings. The minimum Gasteiger partial charge on any atom is -0.464 e. The van der Waals surface area contributed by atoms with Crippen molar-refractivity contribution in [2.75, 3.05) is 6.54 Å². The topological polar surface area (TPSA) is 25.2 Å². The number of halogens is 1. The average molecular weight is 289 g/mol. The molecule has 0 radical (unpaired) electrons. The van der Waals surface area contributed by atoms with Gasteiger partial charge in [-0.25, -0.2) is 4.39 Å². The fraction of sp³-hybridized carbons (Fsp3) is 0.250. The van der Waals surface area contributed by atoms with Gasteiger partial charge in [-0.05, 0) is 49.2 Å². The molecule has 0 amide bonds. The molecule has 1 unspecified atom stereocenters. The van der Waals surface area contributed by atoms with Crippen LogP contribution in [0.25, 0.3) is 10.1 Å². The highest BCUT2D eigenvalue weighted by atomic mass is 32.1. The first-order valence-electron chi connectivity index (χ1n) is 6.66. The molecule has 1 aromatic carbocycles. The van der Waals surface area contributed by atoms with Crippen LogP contribution in [0.15, 0.2) is 40.8 Å². The van der Waals surface area contributed by atoms with Crippen molar-refractivity contribution in [3.63, 3.8) is 0 Å². The first-order valence-corrected chi connectivity index (χ1v) is 7.47. The Morgan fingerprint density at radius 1 is 1.25 bits per heavy atom. The van der Waals surface area contributed by atoms with Gasteiger partial charge in [-0.15, -0.1) is 11.3 Å². The largest absolute Gasteiger partial charge is 0.464 e. The smallest absolute Gasteiger partial charge is 0.126 e. The predicted octanol–water partition coefficient (Wildman–Crippen LogP) is 4.64. The van der Waals surface area contributed by atoms with Crippen LogP contribution in [0.2, 0.25) is 0 Å². The molecule has 0 saturated heterocycles. The van der Waals surface area contributed by atoms with E-state index in [-0.39, 0.29) is 11.9 Å². The number of thiophene rings is 1. The molecule has 0 fully saturated rings. The molecule has 3 rings (SSSR count). The Kier molecular flexibility index (Phi) is 3.59. The lowest BCUT2D eigenvalue weighted by atomic mass is 10.1. The van der Waals surface area contributed by atoms with E-state index in [2.05, 4.69) is 18.3 Å². The highest BCUT2D eigenvalue weighted by molar-refractivity contribution is 7.19. The lowest BCUT2D eigenvalue weighted by molar-refractivity contribution is 0.437. The van der Waals surface area contributed by atoms with E-state index >= 15 is 0 Å². The van der Waals surface area contributed by atoms with E-state index in [9.17, 15) is 4.39 Å². The lowest BCUT2D eigenvalue weighted by Gasteiger charge is -2.13. The van der Waals surface area contributed by atoms with E-state index in [1.54, 1.807) is 17.4 Å². The second-order valence-corrected chi connectivity index (χ2v) is 5.89. The molecule has 4 heteroatoms. The minimum absolute atomic E-state index is 0.0224. The van der Waals surface area contributed by atoms with Crippen molar-refractivity contribution >= 4 is 21.4 Å². The number of nitrogens with one attached hydrogen (secondary N) is 1. The zero-order chi connectivity index (χ0) is 14.1. The first-order chi connectivity index (χ1) is 9.67. The van der Waals surface area contributed by atoms with Crippen LogP contribution in [0.1, 0.15) is 29.4 Å². The number of rotatable bonds is 4. The number of furan rings is 1. The summed E-state index contributed by atoms with van der Waals surface area (Å²) in [5, 5.41) is 4.49. The van der Waals surface area contributed by atoms with Gasteiger partial charge in [0.05, 0.1) is 0 Å². The summed E-state index contributed by atoms with van der Waals surface area (Å²) in [6, 6.07) is 11.0. The Balaban J connectivity index is 2.04. The van der Waals surface area contributed by atoms with Gasteiger partial charge in [0.15, 0.2) is 0 Å². The van der Waals surface area contributed by atoms with Crippen molar-refractivity contribution in [2.24, 2.45) is 0 Å². The van der Waals surface area contributed by atoms with Crippen LogP contribution in [0.3, 0.4) is 0 Å². The highest BCUT2D eigenvalue weighted by Gasteiger charge is 2.19. The molecule has 2 aromatic heterocycles. The standard InChI is InChI=1S/C16H16FNOS/c1-3-18-16(13-7-4-10(2)19-13)15-8-11-5-6-12(17)9-14(11)20-15/h4-9,16,18H,3H2,1-2H3. The Morgan fingerprint density at radius 3 is 2.80 bits per heavy atom. The molecular weight excluding hydrogens is 273 g/mol. The Morgan fingerprint density at radius 2 is 2.10 bits per heavy atom. The maximum absolute atomic E-state index is 13.3. The van der Waals surface area contributed by atoms with Crippen molar-refractivity contribution < 1.29 is 8.81 Å². The third-order valence-corrected chi connectivity index (χ3v) is 4.40. The van der Waals surface area contributed by atoms with Gasteiger partial charge in [-0.3, -0.25) is 0 Å². The van der Waals surface area contributed by atoms with Crippen molar-refractivity contribution in [2.45, 2.75) is 19.9 Å². The molecule has 2 nitrogen and oxygen atoms in total. The summed E-state index contributed by atoms with van der Waals surface area (Å²) in [5.41, 5.74) is 0. The molecule has 3 aromatic rings. The van der Waals surface area contributed by atoms with E-state index in [1.807, 2.05) is 25.1 Å². The van der Waals surface area contributed by atoms with Crippen LogP contribution in [0, 0.1) is 12.7 Å². The molecule has 2 heterocycles. The summed E-state index contributed by atoms with van der Waals surface area (Å²) in [6.07, 6.45) is 0. The quantitative estimate of drug-likeness (QED) is 0.757. The molecule has 0 aliphatic heterocycles. The van der Waals surface area contributed by atoms with E-state index in [4.69, 9.17) is 4.42 Å². The van der Waals surface area contributed by atoms with Crippen LogP contribution in [0.5, 0.6) is 0 Å². The number of benzene rings is 1. The average Bonchev–Trinajstić information content (AvgIpc) is 3.01. The van der Waals surface area contributed by atoms with E-state index < -0.39 is 0 Å². The van der Waals surface area contributed by atoms with Gasteiger partial charge in [-0.2, -0.15) is 0 Å². The third-order valence-electron chi connectivity index (χ3n) is 3.24. The zero-order valence-corrected chi connectivity index (χ0v) is 12.3. The second-order valence-electron chi connectivity index (χ2n) is 4.77. The van der Waals surface area contributed by atoms with Crippen molar-refractivity contribution in [3.05, 3.63) is 58.6 Å². The van der Waals surface area contributed by atoms with Gasteiger partial charge in [0.2, 0.25) is 0 Å².